The van der Waals surface area contributed by atoms with E-state index in [0.29, 0.717) is 18.7 Å². The normalized spacial score (nSPS) is 11.6. The Kier molecular flexibility index (Phi) is 7.82. The van der Waals surface area contributed by atoms with Crippen molar-refractivity contribution in [2.24, 2.45) is 0 Å². The molecular formula is C15H21BrN2O3. The molecule has 0 spiro atoms. The molecule has 0 aliphatic heterocycles. The van der Waals surface area contributed by atoms with Gasteiger partial charge in [-0.15, -0.1) is 0 Å². The van der Waals surface area contributed by atoms with Gasteiger partial charge in [0.05, 0.1) is 6.61 Å². The second kappa shape index (κ2) is 9.39. The van der Waals surface area contributed by atoms with Crippen LogP contribution in [0.3, 0.4) is 0 Å². The lowest BCUT2D eigenvalue weighted by Crippen LogP contribution is -2.43. The smallest absolute Gasteiger partial charge is 0.328 e. The molecule has 1 aromatic carbocycles. The van der Waals surface area contributed by atoms with Crippen LogP contribution in [-0.4, -0.2) is 24.6 Å². The van der Waals surface area contributed by atoms with Crippen LogP contribution in [0, 0.1) is 0 Å². The lowest BCUT2D eigenvalue weighted by Gasteiger charge is -2.17. The number of benzene rings is 1. The number of unbranched alkanes of at least 4 members (excludes halogenated alkanes) is 1. The van der Waals surface area contributed by atoms with Gasteiger partial charge in [0.1, 0.15) is 6.04 Å². The Morgan fingerprint density at radius 2 is 1.90 bits per heavy atom. The molecule has 0 aliphatic rings. The molecule has 1 rings (SSSR count). The van der Waals surface area contributed by atoms with Gasteiger partial charge in [-0.2, -0.15) is 0 Å². The molecule has 1 aromatic rings. The van der Waals surface area contributed by atoms with E-state index in [0.717, 1.165) is 17.3 Å². The number of esters is 1. The van der Waals surface area contributed by atoms with E-state index < -0.39 is 18.0 Å². The van der Waals surface area contributed by atoms with E-state index in [4.69, 9.17) is 4.74 Å². The summed E-state index contributed by atoms with van der Waals surface area (Å²) >= 11 is 3.33. The van der Waals surface area contributed by atoms with Gasteiger partial charge < -0.3 is 15.4 Å². The van der Waals surface area contributed by atoms with Gasteiger partial charge in [-0.25, -0.2) is 9.59 Å². The van der Waals surface area contributed by atoms with Gasteiger partial charge >= 0.3 is 12.0 Å². The van der Waals surface area contributed by atoms with Crippen molar-refractivity contribution in [2.75, 3.05) is 11.9 Å². The molecule has 0 bridgehead atoms. The van der Waals surface area contributed by atoms with E-state index in [-0.39, 0.29) is 0 Å². The third kappa shape index (κ3) is 6.62. The zero-order chi connectivity index (χ0) is 15.7. The van der Waals surface area contributed by atoms with Gasteiger partial charge in [0, 0.05) is 10.2 Å². The Balaban J connectivity index is 2.57. The summed E-state index contributed by atoms with van der Waals surface area (Å²) in [5.41, 5.74) is 0.661. The van der Waals surface area contributed by atoms with E-state index in [1.807, 2.05) is 19.1 Å². The zero-order valence-electron chi connectivity index (χ0n) is 12.3. The second-order valence-electron chi connectivity index (χ2n) is 4.55. The van der Waals surface area contributed by atoms with Crippen molar-refractivity contribution < 1.29 is 14.3 Å². The first-order valence-electron chi connectivity index (χ1n) is 7.06. The van der Waals surface area contributed by atoms with Gasteiger partial charge in [-0.3, -0.25) is 0 Å². The van der Waals surface area contributed by atoms with Crippen molar-refractivity contribution in [2.45, 2.75) is 39.2 Å². The molecule has 0 aromatic heterocycles. The molecule has 5 nitrogen and oxygen atoms in total. The zero-order valence-corrected chi connectivity index (χ0v) is 13.9. The number of urea groups is 1. The number of nitrogens with one attached hydrogen (secondary N) is 2. The summed E-state index contributed by atoms with van der Waals surface area (Å²) in [6.45, 7) is 4.08. The van der Waals surface area contributed by atoms with Gasteiger partial charge in [0.15, 0.2) is 0 Å². The van der Waals surface area contributed by atoms with Crippen LogP contribution in [-0.2, 0) is 9.53 Å². The average Bonchev–Trinajstić information content (AvgIpc) is 2.46. The molecule has 0 fully saturated rings. The number of carbonyl (C=O) groups is 2. The van der Waals surface area contributed by atoms with Crippen molar-refractivity contribution in [3.05, 3.63) is 28.7 Å². The molecule has 116 valence electrons. The minimum atomic E-state index is -0.611. The average molecular weight is 357 g/mol. The Labute approximate surface area is 133 Å². The summed E-state index contributed by atoms with van der Waals surface area (Å²) < 4.78 is 5.91. The number of hydrogen-bond acceptors (Lipinski definition) is 3. The van der Waals surface area contributed by atoms with Crippen molar-refractivity contribution in [3.8, 4) is 0 Å². The van der Waals surface area contributed by atoms with Crippen LogP contribution < -0.4 is 10.6 Å². The van der Waals surface area contributed by atoms with Crippen LogP contribution in [0.4, 0.5) is 10.5 Å². The number of ether oxygens (including phenoxy) is 1. The van der Waals surface area contributed by atoms with Crippen molar-refractivity contribution >= 4 is 33.6 Å². The van der Waals surface area contributed by atoms with E-state index in [9.17, 15) is 9.59 Å². The highest BCUT2D eigenvalue weighted by Gasteiger charge is 2.21. The summed E-state index contributed by atoms with van der Waals surface area (Å²) in [4.78, 5) is 23.7. The van der Waals surface area contributed by atoms with Gasteiger partial charge in [0.25, 0.3) is 0 Å². The van der Waals surface area contributed by atoms with Crippen LogP contribution in [0.15, 0.2) is 28.7 Å². The molecule has 0 heterocycles. The van der Waals surface area contributed by atoms with E-state index in [2.05, 4.69) is 26.6 Å². The quantitative estimate of drug-likeness (QED) is 0.732. The van der Waals surface area contributed by atoms with Crippen molar-refractivity contribution in [1.82, 2.24) is 5.32 Å². The van der Waals surface area contributed by atoms with E-state index in [1.165, 1.54) is 0 Å². The predicted molar refractivity (Wildman–Crippen MR) is 86.2 cm³/mol. The highest BCUT2D eigenvalue weighted by Crippen LogP contribution is 2.14. The number of rotatable bonds is 7. The molecule has 1 unspecified atom stereocenters. The molecule has 0 saturated heterocycles. The molecule has 0 aliphatic carbocycles. The highest BCUT2D eigenvalue weighted by molar-refractivity contribution is 9.10. The summed E-state index contributed by atoms with van der Waals surface area (Å²) in [7, 11) is 0. The first-order chi connectivity index (χ1) is 10.1. The maximum atomic E-state index is 11.9. The van der Waals surface area contributed by atoms with E-state index >= 15 is 0 Å². The first kappa shape index (κ1) is 17.5. The Morgan fingerprint density at radius 3 is 2.48 bits per heavy atom. The first-order valence-corrected chi connectivity index (χ1v) is 7.85. The van der Waals surface area contributed by atoms with Crippen LogP contribution in [0.25, 0.3) is 0 Å². The fourth-order valence-corrected chi connectivity index (χ4v) is 2.02. The second-order valence-corrected chi connectivity index (χ2v) is 5.47. The number of halogens is 1. The van der Waals surface area contributed by atoms with Crippen molar-refractivity contribution in [3.63, 3.8) is 0 Å². The minimum absolute atomic E-state index is 0.303. The number of amides is 2. The number of anilines is 1. The lowest BCUT2D eigenvalue weighted by atomic mass is 10.1. The minimum Gasteiger partial charge on any atom is -0.464 e. The molecule has 6 heteroatoms. The van der Waals surface area contributed by atoms with Crippen LogP contribution in [0.5, 0.6) is 0 Å². The Hall–Kier alpha value is -1.56. The SMILES string of the molecule is CCCCC(NC(=O)Nc1ccc(Br)cc1)C(=O)OCC. The van der Waals surface area contributed by atoms with Crippen LogP contribution in [0.2, 0.25) is 0 Å². The molecule has 2 N–H and O–H groups in total. The fraction of sp³-hybridized carbons (Fsp3) is 0.467. The van der Waals surface area contributed by atoms with Crippen LogP contribution in [0.1, 0.15) is 33.1 Å². The summed E-state index contributed by atoms with van der Waals surface area (Å²) in [6, 6.07) is 6.18. The highest BCUT2D eigenvalue weighted by atomic mass is 79.9. The standard InChI is InChI=1S/C15H21BrN2O3/c1-3-5-6-13(14(19)21-4-2)18-15(20)17-12-9-7-11(16)8-10-12/h7-10,13H,3-6H2,1-2H3,(H2,17,18,20). The van der Waals surface area contributed by atoms with Crippen molar-refractivity contribution in [1.29, 1.82) is 0 Å². The fourth-order valence-electron chi connectivity index (χ4n) is 1.76. The summed E-state index contributed by atoms with van der Waals surface area (Å²) in [5.74, 6) is -0.392. The maximum Gasteiger partial charge on any atom is 0.328 e. The Bertz CT molecular complexity index is 462. The number of carbonyl (C=O) groups excluding carboxylic acids is 2. The molecule has 0 radical (unpaired) electrons. The predicted octanol–water partition coefficient (Wildman–Crippen LogP) is 3.69. The Morgan fingerprint density at radius 1 is 1.24 bits per heavy atom. The summed E-state index contributed by atoms with van der Waals surface area (Å²) in [5, 5.41) is 5.36. The molecule has 1 atom stereocenters. The largest absolute Gasteiger partial charge is 0.464 e. The van der Waals surface area contributed by atoms with Crippen LogP contribution >= 0.6 is 15.9 Å². The third-order valence-electron chi connectivity index (χ3n) is 2.82. The molecule has 0 saturated carbocycles. The number of hydrogen-bond donors (Lipinski definition) is 2. The van der Waals surface area contributed by atoms with E-state index in [1.54, 1.807) is 19.1 Å². The van der Waals surface area contributed by atoms with Gasteiger partial charge in [-0.1, -0.05) is 35.7 Å². The topological polar surface area (TPSA) is 67.4 Å². The summed E-state index contributed by atoms with van der Waals surface area (Å²) in [6.07, 6.45) is 2.37. The molecular weight excluding hydrogens is 336 g/mol. The monoisotopic (exact) mass is 356 g/mol. The maximum absolute atomic E-state index is 11.9. The van der Waals surface area contributed by atoms with Gasteiger partial charge in [-0.05, 0) is 37.6 Å². The molecule has 2 amide bonds. The lowest BCUT2D eigenvalue weighted by molar-refractivity contribution is -0.145. The van der Waals surface area contributed by atoms with Gasteiger partial charge in [0.2, 0.25) is 0 Å². The third-order valence-corrected chi connectivity index (χ3v) is 3.35. The molecule has 21 heavy (non-hydrogen) atoms.